The lowest BCUT2D eigenvalue weighted by molar-refractivity contribution is 0.102. The Balaban J connectivity index is 2.25. The minimum absolute atomic E-state index is 0.247. The normalized spacial score (nSPS) is 10.1. The van der Waals surface area contributed by atoms with Gasteiger partial charge in [-0.25, -0.2) is 4.98 Å². The SMILES string of the molecule is NC(=S)c1ccc(NC(=O)c2ncccc2Br)c(Cl)c1. The summed E-state index contributed by atoms with van der Waals surface area (Å²) in [6.45, 7) is 0. The quantitative estimate of drug-likeness (QED) is 0.813. The number of nitrogens with zero attached hydrogens (tertiary/aromatic N) is 1. The van der Waals surface area contributed by atoms with E-state index >= 15 is 0 Å². The molecular weight excluding hydrogens is 362 g/mol. The van der Waals surface area contributed by atoms with Gasteiger partial charge in [-0.2, -0.15) is 0 Å². The number of pyridine rings is 1. The van der Waals surface area contributed by atoms with E-state index in [2.05, 4.69) is 26.2 Å². The molecule has 0 fully saturated rings. The van der Waals surface area contributed by atoms with E-state index < -0.39 is 0 Å². The van der Waals surface area contributed by atoms with Crippen LogP contribution in [0.5, 0.6) is 0 Å². The Morgan fingerprint density at radius 1 is 1.40 bits per heavy atom. The first kappa shape index (κ1) is 14.9. The number of aromatic nitrogens is 1. The standard InChI is InChI=1S/C13H9BrClN3OS/c14-8-2-1-5-17-11(8)13(19)18-10-4-3-7(12(16)20)6-9(10)15/h1-6H,(H2,16,20)(H,18,19). The molecule has 2 aromatic rings. The average Bonchev–Trinajstić information content (AvgIpc) is 2.41. The van der Waals surface area contributed by atoms with Gasteiger partial charge in [-0.15, -0.1) is 0 Å². The number of rotatable bonds is 3. The third-order valence-electron chi connectivity index (χ3n) is 2.48. The summed E-state index contributed by atoms with van der Waals surface area (Å²) in [5.41, 5.74) is 6.90. The van der Waals surface area contributed by atoms with Crippen LogP contribution in [0, 0.1) is 0 Å². The van der Waals surface area contributed by atoms with E-state index in [1.807, 2.05) is 0 Å². The third-order valence-corrected chi connectivity index (χ3v) is 3.66. The van der Waals surface area contributed by atoms with Crippen LogP contribution in [-0.4, -0.2) is 15.9 Å². The molecule has 1 heterocycles. The number of benzene rings is 1. The van der Waals surface area contributed by atoms with Crippen molar-refractivity contribution in [1.82, 2.24) is 4.98 Å². The molecule has 0 spiro atoms. The molecule has 3 N–H and O–H groups in total. The molecule has 0 aliphatic rings. The Bertz CT molecular complexity index is 693. The molecule has 0 radical (unpaired) electrons. The zero-order valence-corrected chi connectivity index (χ0v) is 13.2. The molecule has 0 bridgehead atoms. The molecule has 1 aromatic heterocycles. The zero-order chi connectivity index (χ0) is 14.7. The fourth-order valence-electron chi connectivity index (χ4n) is 1.50. The Morgan fingerprint density at radius 2 is 2.15 bits per heavy atom. The summed E-state index contributed by atoms with van der Waals surface area (Å²) < 4.78 is 0.605. The van der Waals surface area contributed by atoms with Gasteiger partial charge in [0, 0.05) is 16.2 Å². The van der Waals surface area contributed by atoms with Crippen LogP contribution < -0.4 is 11.1 Å². The smallest absolute Gasteiger partial charge is 0.275 e. The van der Waals surface area contributed by atoms with Crippen LogP contribution in [0.3, 0.4) is 0 Å². The molecule has 4 nitrogen and oxygen atoms in total. The van der Waals surface area contributed by atoms with E-state index in [-0.39, 0.29) is 16.6 Å². The Hall–Kier alpha value is -1.50. The highest BCUT2D eigenvalue weighted by Gasteiger charge is 2.13. The second-order valence-electron chi connectivity index (χ2n) is 3.85. The summed E-state index contributed by atoms with van der Waals surface area (Å²) in [7, 11) is 0. The highest BCUT2D eigenvalue weighted by atomic mass is 79.9. The number of carbonyl (C=O) groups excluding carboxylic acids is 1. The third kappa shape index (κ3) is 3.33. The summed E-state index contributed by atoms with van der Waals surface area (Å²) in [4.78, 5) is 16.3. The minimum atomic E-state index is -0.359. The maximum Gasteiger partial charge on any atom is 0.275 e. The molecule has 0 atom stereocenters. The fraction of sp³-hybridized carbons (Fsp3) is 0. The van der Waals surface area contributed by atoms with Gasteiger partial charge in [-0.1, -0.05) is 23.8 Å². The van der Waals surface area contributed by atoms with Gasteiger partial charge in [0.15, 0.2) is 0 Å². The van der Waals surface area contributed by atoms with Crippen molar-refractivity contribution in [2.45, 2.75) is 0 Å². The van der Waals surface area contributed by atoms with Crippen molar-refractivity contribution in [3.63, 3.8) is 0 Å². The van der Waals surface area contributed by atoms with Crippen molar-refractivity contribution >= 4 is 56.3 Å². The van der Waals surface area contributed by atoms with E-state index in [0.29, 0.717) is 20.7 Å². The number of amides is 1. The first-order chi connectivity index (χ1) is 9.49. The van der Waals surface area contributed by atoms with Gasteiger partial charge < -0.3 is 11.1 Å². The van der Waals surface area contributed by atoms with E-state index in [9.17, 15) is 4.79 Å². The van der Waals surface area contributed by atoms with Crippen LogP contribution in [0.15, 0.2) is 41.0 Å². The number of nitrogens with two attached hydrogens (primary N) is 1. The molecule has 20 heavy (non-hydrogen) atoms. The summed E-state index contributed by atoms with van der Waals surface area (Å²) in [6.07, 6.45) is 1.54. The van der Waals surface area contributed by atoms with E-state index in [0.717, 1.165) is 0 Å². The molecule has 0 aliphatic heterocycles. The highest BCUT2D eigenvalue weighted by Crippen LogP contribution is 2.24. The lowest BCUT2D eigenvalue weighted by atomic mass is 10.2. The summed E-state index contributed by atoms with van der Waals surface area (Å²) in [5.74, 6) is -0.359. The Kier molecular flexibility index (Phi) is 4.69. The molecule has 2 rings (SSSR count). The highest BCUT2D eigenvalue weighted by molar-refractivity contribution is 9.10. The largest absolute Gasteiger partial charge is 0.389 e. The predicted molar refractivity (Wildman–Crippen MR) is 87.2 cm³/mol. The number of halogens is 2. The summed E-state index contributed by atoms with van der Waals surface area (Å²) in [6, 6.07) is 8.40. The molecule has 1 amide bonds. The molecule has 0 saturated heterocycles. The molecule has 0 aliphatic carbocycles. The number of hydrogen-bond donors (Lipinski definition) is 2. The number of hydrogen-bond acceptors (Lipinski definition) is 3. The Morgan fingerprint density at radius 3 is 2.75 bits per heavy atom. The van der Waals surface area contributed by atoms with Crippen LogP contribution in [0.1, 0.15) is 16.1 Å². The van der Waals surface area contributed by atoms with Crippen LogP contribution in [0.4, 0.5) is 5.69 Å². The topological polar surface area (TPSA) is 68.0 Å². The van der Waals surface area contributed by atoms with Crippen molar-refractivity contribution in [2.75, 3.05) is 5.32 Å². The fourth-order valence-corrected chi connectivity index (χ4v) is 2.29. The van der Waals surface area contributed by atoms with Crippen molar-refractivity contribution in [3.05, 3.63) is 57.3 Å². The van der Waals surface area contributed by atoms with Crippen molar-refractivity contribution < 1.29 is 4.79 Å². The Labute approximate surface area is 134 Å². The van der Waals surface area contributed by atoms with Gasteiger partial charge >= 0.3 is 0 Å². The first-order valence-electron chi connectivity index (χ1n) is 5.50. The lowest BCUT2D eigenvalue weighted by Crippen LogP contribution is -2.15. The number of nitrogens with one attached hydrogen (secondary N) is 1. The zero-order valence-electron chi connectivity index (χ0n) is 10.1. The van der Waals surface area contributed by atoms with Crippen LogP contribution in [-0.2, 0) is 0 Å². The van der Waals surface area contributed by atoms with Crippen molar-refractivity contribution in [2.24, 2.45) is 5.73 Å². The second kappa shape index (κ2) is 6.30. The molecule has 1 aromatic carbocycles. The molecule has 0 saturated carbocycles. The van der Waals surface area contributed by atoms with Crippen LogP contribution in [0.2, 0.25) is 5.02 Å². The number of carbonyl (C=O) groups is 1. The molecule has 7 heteroatoms. The minimum Gasteiger partial charge on any atom is -0.389 e. The summed E-state index contributed by atoms with van der Waals surface area (Å²) in [5, 5.41) is 3.04. The lowest BCUT2D eigenvalue weighted by Gasteiger charge is -2.09. The van der Waals surface area contributed by atoms with Gasteiger partial charge in [-0.05, 0) is 46.3 Å². The van der Waals surface area contributed by atoms with Crippen LogP contribution in [0.25, 0.3) is 0 Å². The summed E-state index contributed by atoms with van der Waals surface area (Å²) >= 11 is 14.2. The molecule has 102 valence electrons. The van der Waals surface area contributed by atoms with Gasteiger partial charge in [-0.3, -0.25) is 4.79 Å². The van der Waals surface area contributed by atoms with E-state index in [1.54, 1.807) is 30.3 Å². The predicted octanol–water partition coefficient (Wildman–Crippen LogP) is 3.38. The van der Waals surface area contributed by atoms with Gasteiger partial charge in [0.1, 0.15) is 10.7 Å². The molecule has 0 unspecified atom stereocenters. The van der Waals surface area contributed by atoms with E-state index in [1.165, 1.54) is 6.20 Å². The number of anilines is 1. The van der Waals surface area contributed by atoms with Crippen LogP contribution >= 0.6 is 39.7 Å². The van der Waals surface area contributed by atoms with E-state index in [4.69, 9.17) is 29.6 Å². The maximum absolute atomic E-state index is 12.1. The van der Waals surface area contributed by atoms with Crippen molar-refractivity contribution in [1.29, 1.82) is 0 Å². The van der Waals surface area contributed by atoms with Gasteiger partial charge in [0.2, 0.25) is 0 Å². The van der Waals surface area contributed by atoms with Gasteiger partial charge in [0.05, 0.1) is 10.7 Å². The first-order valence-corrected chi connectivity index (χ1v) is 7.08. The second-order valence-corrected chi connectivity index (χ2v) is 5.55. The van der Waals surface area contributed by atoms with Crippen molar-refractivity contribution in [3.8, 4) is 0 Å². The number of thiocarbonyl (C=S) groups is 1. The van der Waals surface area contributed by atoms with Gasteiger partial charge in [0.25, 0.3) is 5.91 Å². The monoisotopic (exact) mass is 369 g/mol. The maximum atomic E-state index is 12.1. The average molecular weight is 371 g/mol. The molecular formula is C13H9BrClN3OS.